The van der Waals surface area contributed by atoms with Gasteiger partial charge in [0.15, 0.2) is 16.1 Å². The quantitative estimate of drug-likeness (QED) is 0.104. The second-order valence-electron chi connectivity index (χ2n) is 8.69. The van der Waals surface area contributed by atoms with Crippen LogP contribution in [-0.4, -0.2) is 27.5 Å². The number of guanidine groups is 1. The van der Waals surface area contributed by atoms with Gasteiger partial charge in [-0.1, -0.05) is 66.7 Å². The van der Waals surface area contributed by atoms with Crippen molar-refractivity contribution >= 4 is 40.4 Å². The number of hydrogen-bond acceptors (Lipinski definition) is 4. The van der Waals surface area contributed by atoms with Gasteiger partial charge in [0, 0.05) is 35.1 Å². The van der Waals surface area contributed by atoms with Crippen LogP contribution in [0.15, 0.2) is 114 Å². The minimum atomic E-state index is -1.65. The van der Waals surface area contributed by atoms with Crippen LogP contribution in [0.3, 0.4) is 0 Å². The van der Waals surface area contributed by atoms with Gasteiger partial charge >= 0.3 is 5.97 Å². The van der Waals surface area contributed by atoms with E-state index >= 15 is 0 Å². The van der Waals surface area contributed by atoms with Crippen molar-refractivity contribution in [1.29, 1.82) is 5.41 Å². The van der Waals surface area contributed by atoms with Gasteiger partial charge in [-0.3, -0.25) is 15.0 Å². The zero-order chi connectivity index (χ0) is 27.6. The number of hydrogen-bond donors (Lipinski definition) is 5. The number of aliphatic carboxylic acids is 1. The molecule has 4 rings (SSSR count). The monoisotopic (exact) mass is 540 g/mol. The van der Waals surface area contributed by atoms with Gasteiger partial charge in [-0.05, 0) is 53.1 Å². The molecular weight excluding hydrogens is 512 g/mol. The number of carbonyl (C=O) groups is 2. The van der Waals surface area contributed by atoms with Crippen LogP contribution >= 0.6 is 0 Å². The first-order valence-electron chi connectivity index (χ1n) is 12.2. The summed E-state index contributed by atoms with van der Waals surface area (Å²) in [7, 11) is 0. The van der Waals surface area contributed by atoms with Crippen LogP contribution in [0, 0.1) is 5.41 Å². The molecule has 5 N–H and O–H groups in total. The first-order valence-corrected chi connectivity index (χ1v) is 13.4. The highest BCUT2D eigenvalue weighted by Gasteiger charge is 2.29. The maximum Gasteiger partial charge on any atom is 0.308 e. The summed E-state index contributed by atoms with van der Waals surface area (Å²) in [6.45, 7) is 0.513. The van der Waals surface area contributed by atoms with E-state index in [0.717, 1.165) is 5.56 Å². The van der Waals surface area contributed by atoms with E-state index in [-0.39, 0.29) is 18.3 Å². The first kappa shape index (κ1) is 27.4. The number of carbonyl (C=O) groups excluding carboxylic acids is 1. The van der Waals surface area contributed by atoms with Crippen LogP contribution in [0.2, 0.25) is 0 Å². The molecule has 2 unspecified atom stereocenters. The van der Waals surface area contributed by atoms with Crippen molar-refractivity contribution < 1.29 is 19.2 Å². The van der Waals surface area contributed by atoms with E-state index in [1.807, 2.05) is 36.4 Å². The van der Waals surface area contributed by atoms with E-state index in [9.17, 15) is 19.2 Å². The molecule has 0 aliphatic carbocycles. The third-order valence-electron chi connectivity index (χ3n) is 5.84. The molecule has 0 aliphatic rings. The Hall–Kier alpha value is -4.60. The second kappa shape index (κ2) is 13.3. The topological polar surface area (TPSA) is 137 Å². The Balaban J connectivity index is 1.37. The van der Waals surface area contributed by atoms with Crippen LogP contribution in [-0.2, 0) is 22.5 Å². The lowest BCUT2D eigenvalue weighted by Gasteiger charge is -2.21. The van der Waals surface area contributed by atoms with Crippen molar-refractivity contribution in [3.63, 3.8) is 0 Å². The molecule has 9 heteroatoms. The first-order chi connectivity index (χ1) is 18.9. The number of anilines is 2. The van der Waals surface area contributed by atoms with Crippen molar-refractivity contribution in [2.75, 3.05) is 10.6 Å². The zero-order valence-corrected chi connectivity index (χ0v) is 21.8. The van der Waals surface area contributed by atoms with Crippen molar-refractivity contribution in [2.24, 2.45) is 0 Å². The third-order valence-corrected chi connectivity index (χ3v) is 7.52. The minimum absolute atomic E-state index is 0.137. The number of amides is 1. The van der Waals surface area contributed by atoms with E-state index in [0.29, 0.717) is 33.9 Å². The van der Waals surface area contributed by atoms with Crippen LogP contribution < -0.4 is 16.0 Å². The van der Waals surface area contributed by atoms with E-state index in [2.05, 4.69) is 16.0 Å². The Kier molecular flexibility index (Phi) is 9.34. The Bertz CT molecular complexity index is 1420. The minimum Gasteiger partial charge on any atom is -0.611 e. The average Bonchev–Trinajstić information content (AvgIpc) is 2.96. The van der Waals surface area contributed by atoms with Gasteiger partial charge in [-0.25, -0.2) is 0 Å². The zero-order valence-electron chi connectivity index (χ0n) is 21.0. The predicted octanol–water partition coefficient (Wildman–Crippen LogP) is 5.40. The molecule has 0 bridgehead atoms. The summed E-state index contributed by atoms with van der Waals surface area (Å²) in [5.74, 6) is -1.26. The molecule has 0 aliphatic heterocycles. The van der Waals surface area contributed by atoms with Gasteiger partial charge in [-0.2, -0.15) is 0 Å². The van der Waals surface area contributed by atoms with Crippen LogP contribution in [0.1, 0.15) is 33.2 Å². The molecule has 8 nitrogen and oxygen atoms in total. The standard InChI is InChI=1S/C30H28N4O4S/c31-30(32-20-21-8-3-1-4-9-21)34-24-16-14-23(15-17-24)29(37)33-25-12-7-13-26(18-25)39(38)27(19-28(35)36)22-10-5-2-6-11-22/h1-18,27H,19-20H2,(H,33,37)(H,35,36)(H3,31,32,34). The van der Waals surface area contributed by atoms with E-state index in [4.69, 9.17) is 5.41 Å². The van der Waals surface area contributed by atoms with Gasteiger partial charge < -0.3 is 25.6 Å². The van der Waals surface area contributed by atoms with Crippen LogP contribution in [0.4, 0.5) is 11.4 Å². The van der Waals surface area contributed by atoms with Crippen molar-refractivity contribution in [2.45, 2.75) is 23.1 Å². The highest BCUT2D eigenvalue weighted by Crippen LogP contribution is 2.33. The number of nitrogens with one attached hydrogen (secondary N) is 4. The van der Waals surface area contributed by atoms with Crippen molar-refractivity contribution in [1.82, 2.24) is 5.32 Å². The second-order valence-corrected chi connectivity index (χ2v) is 10.3. The summed E-state index contributed by atoms with van der Waals surface area (Å²) in [5, 5.41) is 25.5. The molecule has 0 radical (unpaired) electrons. The lowest BCUT2D eigenvalue weighted by Crippen LogP contribution is -2.29. The molecule has 0 aromatic heterocycles. The van der Waals surface area contributed by atoms with E-state index in [1.165, 1.54) is 0 Å². The summed E-state index contributed by atoms with van der Waals surface area (Å²) in [6.07, 6.45) is -0.285. The smallest absolute Gasteiger partial charge is 0.308 e. The Morgan fingerprint density at radius 1 is 0.821 bits per heavy atom. The lowest BCUT2D eigenvalue weighted by atomic mass is 10.1. The van der Waals surface area contributed by atoms with Crippen molar-refractivity contribution in [3.05, 3.63) is 126 Å². The molecule has 4 aromatic carbocycles. The number of carboxylic acid groups (broad SMARTS) is 1. The number of benzene rings is 4. The fourth-order valence-corrected chi connectivity index (χ4v) is 5.37. The molecule has 0 saturated heterocycles. The van der Waals surface area contributed by atoms with Crippen molar-refractivity contribution in [3.8, 4) is 0 Å². The Morgan fingerprint density at radius 3 is 2.15 bits per heavy atom. The van der Waals surface area contributed by atoms with Crippen LogP contribution in [0.5, 0.6) is 0 Å². The van der Waals surface area contributed by atoms with Gasteiger partial charge in [0.05, 0.1) is 6.42 Å². The SMILES string of the molecule is N=C(NCc1ccccc1)Nc1ccc(C(=O)Nc2cccc([S+]([O-])C(CC(=O)O)c3ccccc3)c2)cc1. The molecule has 2 atom stereocenters. The molecule has 198 valence electrons. The number of carboxylic acids is 1. The molecule has 0 heterocycles. The summed E-state index contributed by atoms with van der Waals surface area (Å²) in [5.41, 5.74) is 3.23. The summed E-state index contributed by atoms with van der Waals surface area (Å²) in [4.78, 5) is 24.7. The number of rotatable bonds is 10. The maximum absolute atomic E-state index is 13.3. The van der Waals surface area contributed by atoms with Gasteiger partial charge in [0.2, 0.25) is 0 Å². The third kappa shape index (κ3) is 7.94. The molecule has 39 heavy (non-hydrogen) atoms. The Labute approximate surface area is 229 Å². The van der Waals surface area contributed by atoms with Gasteiger partial charge in [0.1, 0.15) is 0 Å². The van der Waals surface area contributed by atoms with Gasteiger partial charge in [0.25, 0.3) is 5.91 Å². The molecule has 0 saturated carbocycles. The molecule has 0 fully saturated rings. The normalized spacial score (nSPS) is 12.1. The van der Waals surface area contributed by atoms with E-state index in [1.54, 1.807) is 72.8 Å². The summed E-state index contributed by atoms with van der Waals surface area (Å²) >= 11 is -1.65. The average molecular weight is 541 g/mol. The molecule has 0 spiro atoms. The van der Waals surface area contributed by atoms with E-state index < -0.39 is 22.4 Å². The largest absolute Gasteiger partial charge is 0.611 e. The van der Waals surface area contributed by atoms with Gasteiger partial charge in [-0.15, -0.1) is 0 Å². The summed E-state index contributed by atoms with van der Waals surface area (Å²) in [6, 6.07) is 32.0. The fourth-order valence-electron chi connectivity index (χ4n) is 3.89. The lowest BCUT2D eigenvalue weighted by molar-refractivity contribution is -0.137. The Morgan fingerprint density at radius 2 is 1.49 bits per heavy atom. The fraction of sp³-hybridized carbons (Fsp3) is 0.100. The highest BCUT2D eigenvalue weighted by molar-refractivity contribution is 7.91. The molecular formula is C30H28N4O4S. The van der Waals surface area contributed by atoms with Crippen LogP contribution in [0.25, 0.3) is 0 Å². The maximum atomic E-state index is 13.3. The molecule has 1 amide bonds. The highest BCUT2D eigenvalue weighted by atomic mass is 32.2. The summed E-state index contributed by atoms with van der Waals surface area (Å²) < 4.78 is 13.3. The molecule has 4 aromatic rings. The predicted molar refractivity (Wildman–Crippen MR) is 153 cm³/mol.